The maximum absolute atomic E-state index is 12.2. The number of amides is 1. The first kappa shape index (κ1) is 17.7. The molecule has 0 bridgehead atoms. The van der Waals surface area contributed by atoms with Crippen molar-refractivity contribution in [1.29, 1.82) is 0 Å². The SMILES string of the molecule is COc1ccc(CC(=O)Nc2nc(-c3ccc(Cl)c(Cl)c3)cs2)cc1. The van der Waals surface area contributed by atoms with Crippen LogP contribution in [0.1, 0.15) is 5.56 Å². The second-order valence-corrected chi connectivity index (χ2v) is 6.91. The van der Waals surface area contributed by atoms with Crippen LogP contribution in [0.15, 0.2) is 47.8 Å². The lowest BCUT2D eigenvalue weighted by molar-refractivity contribution is -0.115. The topological polar surface area (TPSA) is 51.2 Å². The number of ether oxygens (including phenoxy) is 1. The van der Waals surface area contributed by atoms with Gasteiger partial charge in [-0.3, -0.25) is 4.79 Å². The molecule has 3 aromatic rings. The van der Waals surface area contributed by atoms with Gasteiger partial charge in [-0.15, -0.1) is 11.3 Å². The van der Waals surface area contributed by atoms with E-state index in [0.29, 0.717) is 15.2 Å². The van der Waals surface area contributed by atoms with Crippen LogP contribution in [0.3, 0.4) is 0 Å². The highest BCUT2D eigenvalue weighted by atomic mass is 35.5. The van der Waals surface area contributed by atoms with Gasteiger partial charge in [0, 0.05) is 10.9 Å². The van der Waals surface area contributed by atoms with Crippen molar-refractivity contribution in [1.82, 2.24) is 4.98 Å². The molecule has 0 saturated heterocycles. The minimum absolute atomic E-state index is 0.125. The summed E-state index contributed by atoms with van der Waals surface area (Å²) >= 11 is 13.3. The summed E-state index contributed by atoms with van der Waals surface area (Å²) in [6.45, 7) is 0. The summed E-state index contributed by atoms with van der Waals surface area (Å²) in [7, 11) is 1.61. The van der Waals surface area contributed by atoms with Crippen LogP contribution < -0.4 is 10.1 Å². The lowest BCUT2D eigenvalue weighted by atomic mass is 10.1. The normalized spacial score (nSPS) is 10.5. The molecule has 7 heteroatoms. The number of rotatable bonds is 5. The fourth-order valence-electron chi connectivity index (χ4n) is 2.21. The smallest absolute Gasteiger partial charge is 0.230 e. The van der Waals surface area contributed by atoms with Crippen molar-refractivity contribution < 1.29 is 9.53 Å². The molecule has 0 fully saturated rings. The highest BCUT2D eigenvalue weighted by molar-refractivity contribution is 7.14. The van der Waals surface area contributed by atoms with Crippen LogP contribution in [0.2, 0.25) is 10.0 Å². The number of anilines is 1. The summed E-state index contributed by atoms with van der Waals surface area (Å²) in [5.41, 5.74) is 2.49. The Bertz CT molecular complexity index is 894. The maximum atomic E-state index is 12.2. The van der Waals surface area contributed by atoms with E-state index in [1.165, 1.54) is 11.3 Å². The van der Waals surface area contributed by atoms with Gasteiger partial charge in [-0.1, -0.05) is 41.4 Å². The van der Waals surface area contributed by atoms with Crippen molar-refractivity contribution in [2.45, 2.75) is 6.42 Å². The van der Waals surface area contributed by atoms with E-state index < -0.39 is 0 Å². The van der Waals surface area contributed by atoms with Gasteiger partial charge in [0.15, 0.2) is 5.13 Å². The Kier molecular flexibility index (Phi) is 5.58. The fourth-order valence-corrected chi connectivity index (χ4v) is 3.25. The van der Waals surface area contributed by atoms with Crippen LogP contribution in [0.4, 0.5) is 5.13 Å². The zero-order chi connectivity index (χ0) is 17.8. The molecule has 3 rings (SSSR count). The third-order valence-electron chi connectivity index (χ3n) is 3.49. The molecule has 4 nitrogen and oxygen atoms in total. The number of aromatic nitrogens is 1. The van der Waals surface area contributed by atoms with Gasteiger partial charge in [-0.05, 0) is 29.8 Å². The average molecular weight is 393 g/mol. The van der Waals surface area contributed by atoms with Gasteiger partial charge < -0.3 is 10.1 Å². The summed E-state index contributed by atoms with van der Waals surface area (Å²) in [5.74, 6) is 0.635. The molecule has 0 atom stereocenters. The molecule has 0 spiro atoms. The van der Waals surface area contributed by atoms with E-state index in [1.54, 1.807) is 19.2 Å². The Morgan fingerprint density at radius 1 is 1.16 bits per heavy atom. The van der Waals surface area contributed by atoms with Crippen LogP contribution in [0.5, 0.6) is 5.75 Å². The Hall–Kier alpha value is -2.08. The minimum atomic E-state index is -0.125. The van der Waals surface area contributed by atoms with Crippen molar-refractivity contribution in [2.24, 2.45) is 0 Å². The first-order chi connectivity index (χ1) is 12.0. The number of carbonyl (C=O) groups is 1. The molecule has 1 heterocycles. The zero-order valence-electron chi connectivity index (χ0n) is 13.3. The first-order valence-electron chi connectivity index (χ1n) is 7.39. The largest absolute Gasteiger partial charge is 0.497 e. The monoisotopic (exact) mass is 392 g/mol. The molecule has 0 unspecified atom stereocenters. The summed E-state index contributed by atoms with van der Waals surface area (Å²) < 4.78 is 5.10. The second kappa shape index (κ2) is 7.87. The van der Waals surface area contributed by atoms with E-state index in [2.05, 4.69) is 10.3 Å². The van der Waals surface area contributed by atoms with E-state index in [-0.39, 0.29) is 12.3 Å². The van der Waals surface area contributed by atoms with Gasteiger partial charge in [0.05, 0.1) is 29.3 Å². The van der Waals surface area contributed by atoms with E-state index in [4.69, 9.17) is 27.9 Å². The average Bonchev–Trinajstić information content (AvgIpc) is 3.06. The molecule has 128 valence electrons. The number of thiazole rings is 1. The van der Waals surface area contributed by atoms with Crippen molar-refractivity contribution in [3.8, 4) is 17.0 Å². The number of nitrogens with zero attached hydrogens (tertiary/aromatic N) is 1. The van der Waals surface area contributed by atoms with E-state index in [0.717, 1.165) is 22.6 Å². The minimum Gasteiger partial charge on any atom is -0.497 e. The summed E-state index contributed by atoms with van der Waals surface area (Å²) in [5, 5.41) is 6.18. The van der Waals surface area contributed by atoms with E-state index >= 15 is 0 Å². The summed E-state index contributed by atoms with van der Waals surface area (Å²) in [4.78, 5) is 16.6. The zero-order valence-corrected chi connectivity index (χ0v) is 15.6. The van der Waals surface area contributed by atoms with Gasteiger partial charge in [0.25, 0.3) is 0 Å². The van der Waals surface area contributed by atoms with Crippen LogP contribution in [0, 0.1) is 0 Å². The first-order valence-corrected chi connectivity index (χ1v) is 9.02. The predicted molar refractivity (Wildman–Crippen MR) is 103 cm³/mol. The molecule has 0 radical (unpaired) electrons. The summed E-state index contributed by atoms with van der Waals surface area (Å²) in [6, 6.07) is 12.7. The Labute approximate surface area is 159 Å². The number of methoxy groups -OCH3 is 1. The predicted octanol–water partition coefficient (Wildman–Crippen LogP) is 5.31. The van der Waals surface area contributed by atoms with Gasteiger partial charge in [0.1, 0.15) is 5.75 Å². The molecule has 0 aliphatic heterocycles. The standard InChI is InChI=1S/C18H14Cl2N2O2S/c1-24-13-5-2-11(3-6-13)8-17(23)22-18-21-16(10-25-18)12-4-7-14(19)15(20)9-12/h2-7,9-10H,8H2,1H3,(H,21,22,23). The van der Waals surface area contributed by atoms with Crippen molar-refractivity contribution >= 4 is 45.6 Å². The molecule has 1 amide bonds. The second-order valence-electron chi connectivity index (χ2n) is 5.24. The number of hydrogen-bond acceptors (Lipinski definition) is 4. The molecule has 0 saturated carbocycles. The molecule has 1 N–H and O–H groups in total. The molecular weight excluding hydrogens is 379 g/mol. The summed E-state index contributed by atoms with van der Waals surface area (Å²) in [6.07, 6.45) is 0.270. The van der Waals surface area contributed by atoms with Gasteiger partial charge >= 0.3 is 0 Å². The van der Waals surface area contributed by atoms with Crippen LogP contribution in [-0.2, 0) is 11.2 Å². The van der Waals surface area contributed by atoms with E-state index in [1.807, 2.05) is 35.7 Å². The van der Waals surface area contributed by atoms with Crippen LogP contribution in [-0.4, -0.2) is 18.0 Å². The number of nitrogens with one attached hydrogen (secondary N) is 1. The highest BCUT2D eigenvalue weighted by Gasteiger charge is 2.10. The fraction of sp³-hybridized carbons (Fsp3) is 0.111. The molecule has 1 aromatic heterocycles. The van der Waals surface area contributed by atoms with Crippen molar-refractivity contribution in [2.75, 3.05) is 12.4 Å². The Balaban J connectivity index is 1.65. The van der Waals surface area contributed by atoms with Crippen molar-refractivity contribution in [3.63, 3.8) is 0 Å². The molecule has 0 aliphatic carbocycles. The number of benzene rings is 2. The third-order valence-corrected chi connectivity index (χ3v) is 4.99. The lowest BCUT2D eigenvalue weighted by Gasteiger charge is -2.04. The van der Waals surface area contributed by atoms with Crippen molar-refractivity contribution in [3.05, 3.63) is 63.5 Å². The van der Waals surface area contributed by atoms with Crippen LogP contribution in [0.25, 0.3) is 11.3 Å². The van der Waals surface area contributed by atoms with Gasteiger partial charge in [-0.2, -0.15) is 0 Å². The van der Waals surface area contributed by atoms with Gasteiger partial charge in [-0.25, -0.2) is 4.98 Å². The van der Waals surface area contributed by atoms with Gasteiger partial charge in [0.2, 0.25) is 5.91 Å². The quantitative estimate of drug-likeness (QED) is 0.640. The van der Waals surface area contributed by atoms with E-state index in [9.17, 15) is 4.79 Å². The molecule has 0 aliphatic rings. The molecule has 25 heavy (non-hydrogen) atoms. The number of hydrogen-bond donors (Lipinski definition) is 1. The molecule has 2 aromatic carbocycles. The maximum Gasteiger partial charge on any atom is 0.230 e. The highest BCUT2D eigenvalue weighted by Crippen LogP contribution is 2.30. The lowest BCUT2D eigenvalue weighted by Crippen LogP contribution is -2.14. The number of carbonyl (C=O) groups excluding carboxylic acids is 1. The molecular formula is C18H14Cl2N2O2S. The third kappa shape index (κ3) is 4.51. The number of halogens is 2. The Morgan fingerprint density at radius 3 is 2.60 bits per heavy atom. The van der Waals surface area contributed by atoms with Crippen LogP contribution >= 0.6 is 34.5 Å². The Morgan fingerprint density at radius 2 is 1.92 bits per heavy atom.